The number of benzene rings is 1. The lowest BCUT2D eigenvalue weighted by Crippen LogP contribution is -2.38. The summed E-state index contributed by atoms with van der Waals surface area (Å²) in [4.78, 5) is 4.18. The third-order valence-electron chi connectivity index (χ3n) is 3.82. The molecule has 0 bridgehead atoms. The summed E-state index contributed by atoms with van der Waals surface area (Å²) in [6.07, 6.45) is 0. The number of alkyl halides is 2. The lowest BCUT2D eigenvalue weighted by molar-refractivity contribution is -0.0512. The van der Waals surface area contributed by atoms with Gasteiger partial charge in [-0.1, -0.05) is 13.0 Å². The first kappa shape index (κ1) is 20.0. The molecule has 0 fully saturated rings. The first-order chi connectivity index (χ1) is 12.5. The second kappa shape index (κ2) is 9.96. The molecule has 0 amide bonds. The number of aliphatic imine (C=N–C) groups is 1. The Morgan fingerprint density at radius 3 is 2.65 bits per heavy atom. The first-order valence-corrected chi connectivity index (χ1v) is 9.06. The Bertz CT molecular complexity index is 708. The molecule has 142 valence electrons. The predicted molar refractivity (Wildman–Crippen MR) is 101 cm³/mol. The summed E-state index contributed by atoms with van der Waals surface area (Å²) in [7, 11) is 3.09. The Hall–Kier alpha value is -2.35. The number of nitrogens with one attached hydrogen (secondary N) is 2. The van der Waals surface area contributed by atoms with Crippen molar-refractivity contribution in [1.29, 1.82) is 0 Å². The molecule has 0 aliphatic heterocycles. The average molecular weight is 383 g/mol. The van der Waals surface area contributed by atoms with Gasteiger partial charge in [0.2, 0.25) is 0 Å². The molecule has 1 aromatic heterocycles. The van der Waals surface area contributed by atoms with Crippen LogP contribution >= 0.6 is 11.3 Å². The van der Waals surface area contributed by atoms with E-state index < -0.39 is 6.61 Å². The van der Waals surface area contributed by atoms with Crippen molar-refractivity contribution in [2.45, 2.75) is 26.0 Å². The Balaban J connectivity index is 1.91. The van der Waals surface area contributed by atoms with Crippen LogP contribution in [0.4, 0.5) is 8.78 Å². The monoisotopic (exact) mass is 383 g/mol. The summed E-state index contributed by atoms with van der Waals surface area (Å²) < 4.78 is 34.5. The molecule has 1 unspecified atom stereocenters. The highest BCUT2D eigenvalue weighted by atomic mass is 32.1. The Labute approximate surface area is 156 Å². The van der Waals surface area contributed by atoms with Gasteiger partial charge in [0, 0.05) is 20.1 Å². The lowest BCUT2D eigenvalue weighted by atomic mass is 10.1. The highest BCUT2D eigenvalue weighted by Gasteiger charge is 2.12. The number of thiophene rings is 1. The number of methoxy groups -OCH3 is 1. The lowest BCUT2D eigenvalue weighted by Gasteiger charge is -2.16. The van der Waals surface area contributed by atoms with Crippen LogP contribution in [0, 0.1) is 0 Å². The molecule has 0 saturated carbocycles. The van der Waals surface area contributed by atoms with Crippen LogP contribution in [0.15, 0.2) is 40.0 Å². The van der Waals surface area contributed by atoms with Crippen LogP contribution in [-0.4, -0.2) is 33.3 Å². The van der Waals surface area contributed by atoms with Crippen LogP contribution in [0.5, 0.6) is 11.5 Å². The number of hydrogen-bond acceptors (Lipinski definition) is 4. The SMILES string of the molecule is CN=C(NCc1ccc(OC)c(OC(F)F)c1)NCC(C)c1ccsc1. The van der Waals surface area contributed by atoms with E-state index in [1.807, 2.05) is 0 Å². The molecule has 1 aromatic carbocycles. The van der Waals surface area contributed by atoms with E-state index in [9.17, 15) is 8.78 Å². The van der Waals surface area contributed by atoms with Crippen LogP contribution in [0.1, 0.15) is 24.0 Å². The number of ether oxygens (including phenoxy) is 2. The van der Waals surface area contributed by atoms with Crippen molar-refractivity contribution < 1.29 is 18.3 Å². The largest absolute Gasteiger partial charge is 0.493 e. The van der Waals surface area contributed by atoms with Crippen molar-refractivity contribution in [2.75, 3.05) is 20.7 Å². The van der Waals surface area contributed by atoms with Crippen LogP contribution in [0.3, 0.4) is 0 Å². The van der Waals surface area contributed by atoms with Gasteiger partial charge in [-0.3, -0.25) is 4.99 Å². The molecular formula is C18H23F2N3O2S. The normalized spacial score (nSPS) is 12.8. The molecule has 8 heteroatoms. The molecule has 26 heavy (non-hydrogen) atoms. The molecule has 1 atom stereocenters. The quantitative estimate of drug-likeness (QED) is 0.537. The van der Waals surface area contributed by atoms with Gasteiger partial charge in [-0.05, 0) is 46.0 Å². The number of halogens is 2. The van der Waals surface area contributed by atoms with E-state index in [0.29, 0.717) is 18.4 Å². The predicted octanol–water partition coefficient (Wildman–Crippen LogP) is 3.83. The molecule has 1 heterocycles. The highest BCUT2D eigenvalue weighted by molar-refractivity contribution is 7.07. The van der Waals surface area contributed by atoms with Gasteiger partial charge in [0.1, 0.15) is 0 Å². The summed E-state index contributed by atoms with van der Waals surface area (Å²) in [6.45, 7) is 0.384. The van der Waals surface area contributed by atoms with Gasteiger partial charge < -0.3 is 20.1 Å². The number of rotatable bonds is 8. The fraction of sp³-hybridized carbons (Fsp3) is 0.389. The zero-order chi connectivity index (χ0) is 18.9. The maximum Gasteiger partial charge on any atom is 0.387 e. The maximum absolute atomic E-state index is 12.5. The molecule has 0 aliphatic rings. The van der Waals surface area contributed by atoms with Crippen LogP contribution in [-0.2, 0) is 6.54 Å². The third kappa shape index (κ3) is 5.87. The van der Waals surface area contributed by atoms with E-state index in [1.165, 1.54) is 18.7 Å². The Morgan fingerprint density at radius 1 is 1.23 bits per heavy atom. The van der Waals surface area contributed by atoms with Crippen LogP contribution < -0.4 is 20.1 Å². The van der Waals surface area contributed by atoms with Gasteiger partial charge in [0.15, 0.2) is 17.5 Å². The summed E-state index contributed by atoms with van der Waals surface area (Å²) in [5.41, 5.74) is 2.05. The summed E-state index contributed by atoms with van der Waals surface area (Å²) in [5.74, 6) is 1.27. The van der Waals surface area contributed by atoms with Gasteiger partial charge in [-0.25, -0.2) is 0 Å². The van der Waals surface area contributed by atoms with Gasteiger partial charge >= 0.3 is 6.61 Å². The molecule has 0 saturated heterocycles. The second-order valence-corrected chi connectivity index (χ2v) is 6.41. The van der Waals surface area contributed by atoms with E-state index in [0.717, 1.165) is 12.1 Å². The van der Waals surface area contributed by atoms with Gasteiger partial charge in [-0.2, -0.15) is 20.1 Å². The van der Waals surface area contributed by atoms with Crippen molar-refractivity contribution in [3.05, 3.63) is 46.2 Å². The molecular weight excluding hydrogens is 360 g/mol. The van der Waals surface area contributed by atoms with E-state index in [4.69, 9.17) is 4.74 Å². The van der Waals surface area contributed by atoms with E-state index in [2.05, 4.69) is 44.1 Å². The van der Waals surface area contributed by atoms with Crippen molar-refractivity contribution in [3.63, 3.8) is 0 Å². The Morgan fingerprint density at radius 2 is 2.04 bits per heavy atom. The fourth-order valence-corrected chi connectivity index (χ4v) is 3.13. The van der Waals surface area contributed by atoms with E-state index in [-0.39, 0.29) is 11.5 Å². The van der Waals surface area contributed by atoms with Gasteiger partial charge in [-0.15, -0.1) is 0 Å². The second-order valence-electron chi connectivity index (χ2n) is 5.63. The zero-order valence-electron chi connectivity index (χ0n) is 15.0. The molecule has 2 N–H and O–H groups in total. The van der Waals surface area contributed by atoms with Gasteiger partial charge in [0.25, 0.3) is 0 Å². The number of guanidine groups is 1. The molecule has 0 spiro atoms. The van der Waals surface area contributed by atoms with E-state index >= 15 is 0 Å². The third-order valence-corrected chi connectivity index (χ3v) is 4.52. The smallest absolute Gasteiger partial charge is 0.387 e. The van der Waals surface area contributed by atoms with Crippen molar-refractivity contribution in [1.82, 2.24) is 10.6 Å². The molecule has 0 radical (unpaired) electrons. The molecule has 0 aliphatic carbocycles. The minimum Gasteiger partial charge on any atom is -0.493 e. The van der Waals surface area contributed by atoms with E-state index in [1.54, 1.807) is 30.5 Å². The van der Waals surface area contributed by atoms with Crippen LogP contribution in [0.2, 0.25) is 0 Å². The summed E-state index contributed by atoms with van der Waals surface area (Å²) >= 11 is 1.67. The fourth-order valence-electron chi connectivity index (χ4n) is 2.35. The minimum absolute atomic E-state index is 0.0100. The van der Waals surface area contributed by atoms with Crippen LogP contribution in [0.25, 0.3) is 0 Å². The first-order valence-electron chi connectivity index (χ1n) is 8.11. The summed E-state index contributed by atoms with van der Waals surface area (Å²) in [5, 5.41) is 10.6. The van der Waals surface area contributed by atoms with Crippen molar-refractivity contribution in [2.24, 2.45) is 4.99 Å². The molecule has 2 rings (SSSR count). The maximum atomic E-state index is 12.5. The Kier molecular flexibility index (Phi) is 7.65. The molecule has 5 nitrogen and oxygen atoms in total. The highest BCUT2D eigenvalue weighted by Crippen LogP contribution is 2.29. The zero-order valence-corrected chi connectivity index (χ0v) is 15.8. The number of hydrogen-bond donors (Lipinski definition) is 2. The van der Waals surface area contributed by atoms with Crippen molar-refractivity contribution >= 4 is 17.3 Å². The standard InChI is InChI=1S/C18H23F2N3O2S/c1-12(14-6-7-26-11-14)9-22-18(21-2)23-10-13-4-5-15(24-3)16(8-13)25-17(19)20/h4-8,11-12,17H,9-10H2,1-3H3,(H2,21,22,23). The summed E-state index contributed by atoms with van der Waals surface area (Å²) in [6, 6.07) is 7.02. The minimum atomic E-state index is -2.90. The van der Waals surface area contributed by atoms with Crippen molar-refractivity contribution in [3.8, 4) is 11.5 Å². The number of nitrogens with zero attached hydrogens (tertiary/aromatic N) is 1. The topological polar surface area (TPSA) is 54.9 Å². The van der Waals surface area contributed by atoms with Gasteiger partial charge in [0.05, 0.1) is 7.11 Å². The molecule has 2 aromatic rings. The average Bonchev–Trinajstić information content (AvgIpc) is 3.16.